The van der Waals surface area contributed by atoms with Gasteiger partial charge in [-0.15, -0.1) is 0 Å². The molecule has 4 heteroatoms. The summed E-state index contributed by atoms with van der Waals surface area (Å²) in [5.74, 6) is 0.567. The van der Waals surface area contributed by atoms with Crippen LogP contribution in [0.3, 0.4) is 0 Å². The molecule has 0 saturated carbocycles. The number of Topliss-reactive ketones (excluding diaryl/α,β-unsaturated/α-hetero) is 1. The molecule has 0 bridgehead atoms. The number of hydrogen-bond acceptors (Lipinski definition) is 4. The molecule has 0 atom stereocenters. The first-order chi connectivity index (χ1) is 5.72. The molecule has 0 spiro atoms. The van der Waals surface area contributed by atoms with Gasteiger partial charge in [-0.2, -0.15) is 0 Å². The van der Waals surface area contributed by atoms with E-state index in [-0.39, 0.29) is 5.78 Å². The number of carbonyl (C=O) groups excluding carboxylic acids is 1. The van der Waals surface area contributed by atoms with Crippen LogP contribution in [0.25, 0.3) is 0 Å². The zero-order valence-electron chi connectivity index (χ0n) is 6.95. The van der Waals surface area contributed by atoms with E-state index in [4.69, 9.17) is 5.73 Å². The van der Waals surface area contributed by atoms with Crippen molar-refractivity contribution in [3.05, 3.63) is 18.1 Å². The molecule has 64 valence electrons. The molecule has 1 heterocycles. The fourth-order valence-electron chi connectivity index (χ4n) is 0.839. The van der Waals surface area contributed by atoms with Gasteiger partial charge in [0.25, 0.3) is 0 Å². The average molecular weight is 165 g/mol. The number of hydrogen-bond donors (Lipinski definition) is 1. The van der Waals surface area contributed by atoms with Gasteiger partial charge < -0.3 is 5.73 Å². The molecule has 2 N–H and O–H groups in total. The van der Waals surface area contributed by atoms with Crippen LogP contribution in [-0.4, -0.2) is 15.8 Å². The van der Waals surface area contributed by atoms with E-state index >= 15 is 0 Å². The predicted octanol–water partition coefficient (Wildman–Crippen LogP) is 0.580. The summed E-state index contributed by atoms with van der Waals surface area (Å²) in [6.45, 7) is 1.83. The molecule has 1 aromatic rings. The summed E-state index contributed by atoms with van der Waals surface area (Å²) in [5, 5.41) is 0. The molecular weight excluding hydrogens is 154 g/mol. The average Bonchev–Trinajstić information content (AvgIpc) is 2.04. The van der Waals surface area contributed by atoms with Crippen LogP contribution in [0, 0.1) is 0 Å². The van der Waals surface area contributed by atoms with E-state index in [2.05, 4.69) is 9.97 Å². The first kappa shape index (κ1) is 8.64. The zero-order valence-corrected chi connectivity index (χ0v) is 6.95. The number of nitrogen functional groups attached to an aromatic ring is 1. The predicted molar refractivity (Wildman–Crippen MR) is 45.4 cm³/mol. The van der Waals surface area contributed by atoms with Crippen LogP contribution < -0.4 is 5.73 Å². The summed E-state index contributed by atoms with van der Waals surface area (Å²) in [4.78, 5) is 18.6. The summed E-state index contributed by atoms with van der Waals surface area (Å²) in [6.07, 6.45) is 2.25. The minimum Gasteiger partial charge on any atom is -0.384 e. The highest BCUT2D eigenvalue weighted by molar-refractivity contribution is 5.80. The summed E-state index contributed by atoms with van der Waals surface area (Å²) >= 11 is 0. The lowest BCUT2D eigenvalue weighted by Crippen LogP contribution is -2.03. The Bertz CT molecular complexity index is 285. The highest BCUT2D eigenvalue weighted by Gasteiger charge is 2.01. The van der Waals surface area contributed by atoms with Crippen molar-refractivity contribution >= 4 is 11.6 Å². The Labute approximate surface area is 70.8 Å². The van der Waals surface area contributed by atoms with Gasteiger partial charge in [0.05, 0.1) is 5.69 Å². The molecule has 1 aromatic heterocycles. The summed E-state index contributed by atoms with van der Waals surface area (Å²) in [6, 6.07) is 1.62. The molecule has 0 fully saturated rings. The number of aromatic nitrogens is 2. The number of carbonyl (C=O) groups is 1. The smallest absolute Gasteiger partial charge is 0.138 e. The van der Waals surface area contributed by atoms with Crippen molar-refractivity contribution in [2.24, 2.45) is 0 Å². The number of ketones is 1. The van der Waals surface area contributed by atoms with Gasteiger partial charge in [-0.1, -0.05) is 6.92 Å². The van der Waals surface area contributed by atoms with Gasteiger partial charge in [0, 0.05) is 18.9 Å². The first-order valence-electron chi connectivity index (χ1n) is 3.80. The monoisotopic (exact) mass is 165 g/mol. The number of nitrogens with zero attached hydrogens (tertiary/aromatic N) is 2. The Morgan fingerprint density at radius 3 is 2.92 bits per heavy atom. The van der Waals surface area contributed by atoms with E-state index in [1.54, 1.807) is 6.07 Å². The standard InChI is InChI=1S/C8H11N3O/c1-2-7(12)3-6-4-8(9)11-5-10-6/h4-5H,2-3H2,1H3,(H2,9,10,11). The maximum Gasteiger partial charge on any atom is 0.138 e. The van der Waals surface area contributed by atoms with Gasteiger partial charge in [-0.25, -0.2) is 9.97 Å². The van der Waals surface area contributed by atoms with E-state index in [0.717, 1.165) is 0 Å². The Balaban J connectivity index is 2.69. The van der Waals surface area contributed by atoms with Crippen LogP contribution in [0.4, 0.5) is 5.82 Å². The summed E-state index contributed by atoms with van der Waals surface area (Å²) < 4.78 is 0. The lowest BCUT2D eigenvalue weighted by atomic mass is 10.2. The number of rotatable bonds is 3. The van der Waals surface area contributed by atoms with Crippen LogP contribution in [0.2, 0.25) is 0 Å². The lowest BCUT2D eigenvalue weighted by molar-refractivity contribution is -0.118. The van der Waals surface area contributed by atoms with E-state index < -0.39 is 0 Å². The van der Waals surface area contributed by atoms with Gasteiger partial charge in [-0.3, -0.25) is 4.79 Å². The lowest BCUT2D eigenvalue weighted by Gasteiger charge is -1.97. The SMILES string of the molecule is CCC(=O)Cc1cc(N)ncn1. The van der Waals surface area contributed by atoms with Crippen LogP contribution in [0.5, 0.6) is 0 Å². The van der Waals surface area contributed by atoms with Gasteiger partial charge in [0.2, 0.25) is 0 Å². The molecule has 0 aliphatic rings. The molecule has 1 rings (SSSR count). The second kappa shape index (κ2) is 3.80. The topological polar surface area (TPSA) is 68.9 Å². The molecule has 0 unspecified atom stereocenters. The summed E-state index contributed by atoms with van der Waals surface area (Å²) in [5.41, 5.74) is 6.10. The Hall–Kier alpha value is -1.45. The molecule has 0 aliphatic carbocycles. The molecular formula is C8H11N3O. The highest BCUT2D eigenvalue weighted by atomic mass is 16.1. The molecule has 0 aliphatic heterocycles. The van der Waals surface area contributed by atoms with Crippen molar-refractivity contribution in [2.45, 2.75) is 19.8 Å². The van der Waals surface area contributed by atoms with Crippen LogP contribution >= 0.6 is 0 Å². The van der Waals surface area contributed by atoms with Crippen LogP contribution in [0.15, 0.2) is 12.4 Å². The fourth-order valence-corrected chi connectivity index (χ4v) is 0.839. The molecule has 4 nitrogen and oxygen atoms in total. The third-order valence-electron chi connectivity index (χ3n) is 1.52. The molecule has 0 aromatic carbocycles. The summed E-state index contributed by atoms with van der Waals surface area (Å²) in [7, 11) is 0. The maximum absolute atomic E-state index is 11.0. The van der Waals surface area contributed by atoms with Crippen molar-refractivity contribution in [1.29, 1.82) is 0 Å². The number of anilines is 1. The minimum absolute atomic E-state index is 0.160. The fraction of sp³-hybridized carbons (Fsp3) is 0.375. The second-order valence-electron chi connectivity index (χ2n) is 2.50. The van der Waals surface area contributed by atoms with Gasteiger partial charge >= 0.3 is 0 Å². The van der Waals surface area contributed by atoms with Crippen molar-refractivity contribution in [2.75, 3.05) is 5.73 Å². The van der Waals surface area contributed by atoms with Crippen molar-refractivity contribution in [1.82, 2.24) is 9.97 Å². The third-order valence-corrected chi connectivity index (χ3v) is 1.52. The molecule has 0 amide bonds. The van der Waals surface area contributed by atoms with Crippen molar-refractivity contribution in [3.63, 3.8) is 0 Å². The maximum atomic E-state index is 11.0. The Kier molecular flexibility index (Phi) is 2.74. The van der Waals surface area contributed by atoms with Crippen LogP contribution in [-0.2, 0) is 11.2 Å². The largest absolute Gasteiger partial charge is 0.384 e. The van der Waals surface area contributed by atoms with Crippen molar-refractivity contribution in [3.8, 4) is 0 Å². The van der Waals surface area contributed by atoms with E-state index in [9.17, 15) is 4.79 Å². The molecule has 0 radical (unpaired) electrons. The normalized spacial score (nSPS) is 9.75. The second-order valence-corrected chi connectivity index (χ2v) is 2.50. The Morgan fingerprint density at radius 1 is 1.58 bits per heavy atom. The first-order valence-corrected chi connectivity index (χ1v) is 3.80. The quantitative estimate of drug-likeness (QED) is 0.711. The van der Waals surface area contributed by atoms with Gasteiger partial charge in [0.1, 0.15) is 17.9 Å². The van der Waals surface area contributed by atoms with E-state index in [1.807, 2.05) is 6.92 Å². The van der Waals surface area contributed by atoms with Gasteiger partial charge in [-0.05, 0) is 0 Å². The Morgan fingerprint density at radius 2 is 2.33 bits per heavy atom. The number of nitrogens with two attached hydrogens (primary N) is 1. The highest BCUT2D eigenvalue weighted by Crippen LogP contribution is 2.01. The molecule has 0 saturated heterocycles. The van der Waals surface area contributed by atoms with Crippen molar-refractivity contribution < 1.29 is 4.79 Å². The molecule has 12 heavy (non-hydrogen) atoms. The minimum atomic E-state index is 0.160. The van der Waals surface area contributed by atoms with Gasteiger partial charge in [0.15, 0.2) is 0 Å². The van der Waals surface area contributed by atoms with E-state index in [1.165, 1.54) is 6.33 Å². The van der Waals surface area contributed by atoms with Crippen LogP contribution in [0.1, 0.15) is 19.0 Å². The zero-order chi connectivity index (χ0) is 8.97. The third kappa shape index (κ3) is 2.30. The van der Waals surface area contributed by atoms with E-state index in [0.29, 0.717) is 24.4 Å².